The summed E-state index contributed by atoms with van der Waals surface area (Å²) in [6.45, 7) is 0.659. The highest BCUT2D eigenvalue weighted by molar-refractivity contribution is 6.00. The van der Waals surface area contributed by atoms with Gasteiger partial charge in [0, 0.05) is 29.2 Å². The quantitative estimate of drug-likeness (QED) is 0.408. The molecular weight excluding hydrogens is 408 g/mol. The summed E-state index contributed by atoms with van der Waals surface area (Å²) in [4.78, 5) is 40.1. The molecule has 1 aliphatic heterocycles. The Morgan fingerprint density at radius 1 is 0.938 bits per heavy atom. The number of ether oxygens (including phenoxy) is 1. The van der Waals surface area contributed by atoms with E-state index in [0.717, 1.165) is 22.0 Å². The number of amides is 3. The Hall–Kier alpha value is -3.81. The van der Waals surface area contributed by atoms with Crippen LogP contribution < -0.4 is 16.0 Å². The third-order valence-electron chi connectivity index (χ3n) is 5.52. The van der Waals surface area contributed by atoms with Crippen LogP contribution in [0.5, 0.6) is 0 Å². The van der Waals surface area contributed by atoms with Crippen molar-refractivity contribution in [1.29, 1.82) is 0 Å². The number of hydrogen-bond donors (Lipinski definition) is 4. The molecule has 32 heavy (non-hydrogen) atoms. The molecule has 0 saturated carbocycles. The molecular formula is C24H26N4O4. The summed E-state index contributed by atoms with van der Waals surface area (Å²) in [5, 5.41) is 9.29. The van der Waals surface area contributed by atoms with Gasteiger partial charge < -0.3 is 25.7 Å². The van der Waals surface area contributed by atoms with Gasteiger partial charge in [-0.25, -0.2) is 4.79 Å². The molecule has 4 rings (SSSR count). The summed E-state index contributed by atoms with van der Waals surface area (Å²) in [7, 11) is 0. The number of rotatable bonds is 8. The summed E-state index contributed by atoms with van der Waals surface area (Å²) in [5.41, 5.74) is 2.59. The molecule has 1 aliphatic rings. The standard InChI is InChI=1S/C24H26N4O4/c29-22-20(12-6-7-13-25-24(31)32-15-16-8-2-1-3-9-16)27-23(30)21(28-22)18-14-26-19-11-5-4-10-17(18)19/h1-5,8-11,14,20-21,26H,6-7,12-13,15H2,(H,25,31)(H,27,30)(H,28,29)/t20-,21+/m1/s1. The Labute approximate surface area is 185 Å². The number of aromatic nitrogens is 1. The molecule has 1 saturated heterocycles. The third-order valence-corrected chi connectivity index (χ3v) is 5.52. The highest BCUT2D eigenvalue weighted by Crippen LogP contribution is 2.26. The lowest BCUT2D eigenvalue weighted by Gasteiger charge is -2.29. The lowest BCUT2D eigenvalue weighted by Crippen LogP contribution is -2.57. The van der Waals surface area contributed by atoms with Crippen molar-refractivity contribution in [3.05, 3.63) is 71.9 Å². The normalized spacial score (nSPS) is 18.1. The maximum atomic E-state index is 12.6. The molecule has 166 valence electrons. The van der Waals surface area contributed by atoms with E-state index in [1.54, 1.807) is 6.20 Å². The van der Waals surface area contributed by atoms with Crippen molar-refractivity contribution in [2.45, 2.75) is 38.0 Å². The van der Waals surface area contributed by atoms with Gasteiger partial charge in [0.1, 0.15) is 18.7 Å². The van der Waals surface area contributed by atoms with Crippen LogP contribution in [0.2, 0.25) is 0 Å². The number of nitrogens with one attached hydrogen (secondary N) is 4. The van der Waals surface area contributed by atoms with E-state index in [4.69, 9.17) is 4.74 Å². The van der Waals surface area contributed by atoms with Crippen LogP contribution in [-0.4, -0.2) is 35.5 Å². The van der Waals surface area contributed by atoms with Gasteiger partial charge in [-0.1, -0.05) is 48.5 Å². The van der Waals surface area contributed by atoms with Crippen LogP contribution in [0.3, 0.4) is 0 Å². The molecule has 0 aliphatic carbocycles. The Morgan fingerprint density at radius 3 is 2.56 bits per heavy atom. The zero-order chi connectivity index (χ0) is 22.3. The zero-order valence-electron chi connectivity index (χ0n) is 17.6. The molecule has 4 N–H and O–H groups in total. The molecule has 1 fully saturated rings. The van der Waals surface area contributed by atoms with Crippen LogP contribution in [0.1, 0.15) is 36.4 Å². The van der Waals surface area contributed by atoms with Gasteiger partial charge in [-0.3, -0.25) is 9.59 Å². The maximum absolute atomic E-state index is 12.6. The van der Waals surface area contributed by atoms with Gasteiger partial charge in [0.2, 0.25) is 11.8 Å². The summed E-state index contributed by atoms with van der Waals surface area (Å²) in [6, 6.07) is 15.8. The molecule has 0 radical (unpaired) electrons. The second kappa shape index (κ2) is 10.00. The number of carbonyl (C=O) groups excluding carboxylic acids is 3. The minimum absolute atomic E-state index is 0.199. The Balaban J connectivity index is 1.18. The molecule has 3 amide bonds. The van der Waals surface area contributed by atoms with E-state index < -0.39 is 18.2 Å². The summed E-state index contributed by atoms with van der Waals surface area (Å²) < 4.78 is 5.16. The number of hydrogen-bond acceptors (Lipinski definition) is 4. The predicted octanol–water partition coefficient (Wildman–Crippen LogP) is 2.92. The number of fused-ring (bicyclic) bond motifs is 1. The fourth-order valence-corrected chi connectivity index (χ4v) is 3.82. The lowest BCUT2D eigenvalue weighted by molar-refractivity contribution is -0.137. The summed E-state index contributed by atoms with van der Waals surface area (Å²) in [5.74, 6) is -0.419. The number of aromatic amines is 1. The van der Waals surface area contributed by atoms with Gasteiger partial charge in [-0.15, -0.1) is 0 Å². The van der Waals surface area contributed by atoms with Gasteiger partial charge in [-0.2, -0.15) is 0 Å². The number of para-hydroxylation sites is 1. The number of benzene rings is 2. The van der Waals surface area contributed by atoms with E-state index >= 15 is 0 Å². The van der Waals surface area contributed by atoms with E-state index in [1.165, 1.54) is 0 Å². The first-order valence-corrected chi connectivity index (χ1v) is 10.7. The molecule has 3 aromatic rings. The highest BCUT2D eigenvalue weighted by atomic mass is 16.5. The van der Waals surface area contributed by atoms with Crippen molar-refractivity contribution < 1.29 is 19.1 Å². The maximum Gasteiger partial charge on any atom is 0.407 e. The van der Waals surface area contributed by atoms with E-state index in [1.807, 2.05) is 54.6 Å². The van der Waals surface area contributed by atoms with Crippen LogP contribution in [0, 0.1) is 0 Å². The van der Waals surface area contributed by atoms with E-state index in [2.05, 4.69) is 20.9 Å². The average molecular weight is 434 g/mol. The molecule has 8 heteroatoms. The second-order valence-electron chi connectivity index (χ2n) is 7.78. The summed E-state index contributed by atoms with van der Waals surface area (Å²) >= 11 is 0. The first-order valence-electron chi connectivity index (χ1n) is 10.7. The van der Waals surface area contributed by atoms with Crippen molar-refractivity contribution in [3.63, 3.8) is 0 Å². The van der Waals surface area contributed by atoms with Crippen LogP contribution in [0.4, 0.5) is 4.79 Å². The molecule has 0 bridgehead atoms. The average Bonchev–Trinajstić information content (AvgIpc) is 3.24. The Morgan fingerprint density at radius 2 is 1.72 bits per heavy atom. The first kappa shape index (κ1) is 21.4. The van der Waals surface area contributed by atoms with Crippen LogP contribution in [0.15, 0.2) is 60.8 Å². The number of unbranched alkanes of at least 4 members (excludes halogenated alkanes) is 1. The largest absolute Gasteiger partial charge is 0.445 e. The minimum Gasteiger partial charge on any atom is -0.445 e. The smallest absolute Gasteiger partial charge is 0.407 e. The number of H-pyrrole nitrogens is 1. The van der Waals surface area contributed by atoms with Gasteiger partial charge >= 0.3 is 6.09 Å². The SMILES string of the molecule is O=C(NCCCC[C@H]1NC(=O)[C@H](c2c[nH]c3ccccc23)NC1=O)OCc1ccccc1. The van der Waals surface area contributed by atoms with Crippen molar-refractivity contribution in [3.8, 4) is 0 Å². The number of alkyl carbamates (subject to hydrolysis) is 1. The third kappa shape index (κ3) is 5.08. The van der Waals surface area contributed by atoms with Gasteiger partial charge in [0.15, 0.2) is 0 Å². The molecule has 2 aromatic carbocycles. The molecule has 2 heterocycles. The summed E-state index contributed by atoms with van der Waals surface area (Å²) in [6.07, 6.45) is 3.14. The van der Waals surface area contributed by atoms with Crippen molar-refractivity contribution in [2.75, 3.05) is 6.54 Å². The predicted molar refractivity (Wildman–Crippen MR) is 120 cm³/mol. The van der Waals surface area contributed by atoms with Crippen LogP contribution in [0.25, 0.3) is 10.9 Å². The Kier molecular flexibility index (Phi) is 6.69. The first-order chi connectivity index (χ1) is 15.6. The fraction of sp³-hybridized carbons (Fsp3) is 0.292. The molecule has 2 atom stereocenters. The van der Waals surface area contributed by atoms with Crippen LogP contribution >= 0.6 is 0 Å². The van der Waals surface area contributed by atoms with Crippen molar-refractivity contribution >= 4 is 28.8 Å². The van der Waals surface area contributed by atoms with Gasteiger partial charge in [0.25, 0.3) is 0 Å². The minimum atomic E-state index is -0.712. The highest BCUT2D eigenvalue weighted by Gasteiger charge is 2.35. The number of carbonyl (C=O) groups is 3. The topological polar surface area (TPSA) is 112 Å². The fourth-order valence-electron chi connectivity index (χ4n) is 3.82. The molecule has 1 aromatic heterocycles. The Bertz CT molecular complexity index is 1100. The van der Waals surface area contributed by atoms with E-state index in [9.17, 15) is 14.4 Å². The molecule has 8 nitrogen and oxygen atoms in total. The van der Waals surface area contributed by atoms with E-state index in [-0.39, 0.29) is 18.4 Å². The van der Waals surface area contributed by atoms with E-state index in [0.29, 0.717) is 25.8 Å². The van der Waals surface area contributed by atoms with Gasteiger partial charge in [-0.05, 0) is 30.9 Å². The zero-order valence-corrected chi connectivity index (χ0v) is 17.6. The number of piperazine rings is 1. The monoisotopic (exact) mass is 434 g/mol. The van der Waals surface area contributed by atoms with Crippen molar-refractivity contribution in [2.24, 2.45) is 0 Å². The second-order valence-corrected chi connectivity index (χ2v) is 7.78. The molecule has 0 unspecified atom stereocenters. The van der Waals surface area contributed by atoms with Gasteiger partial charge in [0.05, 0.1) is 0 Å². The lowest BCUT2D eigenvalue weighted by atomic mass is 9.99. The van der Waals surface area contributed by atoms with Crippen LogP contribution in [-0.2, 0) is 20.9 Å². The molecule has 0 spiro atoms. The van der Waals surface area contributed by atoms with Crippen molar-refractivity contribution in [1.82, 2.24) is 20.9 Å².